The molecule has 0 radical (unpaired) electrons. The lowest BCUT2D eigenvalue weighted by atomic mass is 10.0. The SMILES string of the molecule is CCCCCCC(N)c1c(F)cccc1Br. The Morgan fingerprint density at radius 1 is 1.31 bits per heavy atom. The molecule has 1 rings (SSSR count). The maximum absolute atomic E-state index is 13.6. The molecule has 1 aromatic carbocycles. The number of hydrogen-bond donors (Lipinski definition) is 1. The van der Waals surface area contributed by atoms with Gasteiger partial charge >= 0.3 is 0 Å². The highest BCUT2D eigenvalue weighted by molar-refractivity contribution is 9.10. The van der Waals surface area contributed by atoms with E-state index in [0.717, 1.165) is 17.3 Å². The highest BCUT2D eigenvalue weighted by Crippen LogP contribution is 2.27. The average Bonchev–Trinajstić information content (AvgIpc) is 2.24. The van der Waals surface area contributed by atoms with Gasteiger partial charge in [-0.3, -0.25) is 0 Å². The van der Waals surface area contributed by atoms with Gasteiger partial charge in [0.2, 0.25) is 0 Å². The number of hydrogen-bond acceptors (Lipinski definition) is 1. The fraction of sp³-hybridized carbons (Fsp3) is 0.538. The first kappa shape index (κ1) is 13.7. The van der Waals surface area contributed by atoms with Crippen LogP contribution in [0, 0.1) is 5.82 Å². The van der Waals surface area contributed by atoms with E-state index in [1.165, 1.54) is 25.3 Å². The Balaban J connectivity index is 2.55. The van der Waals surface area contributed by atoms with Crippen molar-refractivity contribution in [2.45, 2.75) is 45.1 Å². The van der Waals surface area contributed by atoms with Crippen LogP contribution >= 0.6 is 15.9 Å². The minimum atomic E-state index is -0.211. The monoisotopic (exact) mass is 287 g/mol. The zero-order valence-electron chi connectivity index (χ0n) is 9.68. The van der Waals surface area contributed by atoms with E-state index in [4.69, 9.17) is 5.73 Å². The number of unbranched alkanes of at least 4 members (excludes halogenated alkanes) is 3. The van der Waals surface area contributed by atoms with Crippen molar-refractivity contribution in [3.05, 3.63) is 34.1 Å². The Morgan fingerprint density at radius 3 is 2.69 bits per heavy atom. The highest BCUT2D eigenvalue weighted by atomic mass is 79.9. The molecule has 1 atom stereocenters. The highest BCUT2D eigenvalue weighted by Gasteiger charge is 2.14. The zero-order chi connectivity index (χ0) is 12.0. The van der Waals surface area contributed by atoms with Crippen LogP contribution < -0.4 is 5.73 Å². The summed E-state index contributed by atoms with van der Waals surface area (Å²) in [5.74, 6) is -0.211. The smallest absolute Gasteiger partial charge is 0.129 e. The number of nitrogens with two attached hydrogens (primary N) is 1. The van der Waals surface area contributed by atoms with Crippen LogP contribution in [0.25, 0.3) is 0 Å². The van der Waals surface area contributed by atoms with Gasteiger partial charge in [0.05, 0.1) is 0 Å². The number of benzene rings is 1. The third kappa shape index (κ3) is 3.87. The van der Waals surface area contributed by atoms with Crippen LogP contribution in [-0.4, -0.2) is 0 Å². The lowest BCUT2D eigenvalue weighted by Gasteiger charge is -2.14. The molecule has 0 fully saturated rings. The third-order valence-electron chi connectivity index (χ3n) is 2.74. The Morgan fingerprint density at radius 2 is 2.06 bits per heavy atom. The lowest BCUT2D eigenvalue weighted by Crippen LogP contribution is -2.12. The van der Waals surface area contributed by atoms with E-state index < -0.39 is 0 Å². The molecule has 0 aromatic heterocycles. The molecule has 0 bridgehead atoms. The van der Waals surface area contributed by atoms with Crippen molar-refractivity contribution in [3.8, 4) is 0 Å². The molecular weight excluding hydrogens is 269 g/mol. The zero-order valence-corrected chi connectivity index (χ0v) is 11.3. The van der Waals surface area contributed by atoms with Crippen LogP contribution in [0.15, 0.2) is 22.7 Å². The summed E-state index contributed by atoms with van der Waals surface area (Å²) in [7, 11) is 0. The van der Waals surface area contributed by atoms with Gasteiger partial charge in [0, 0.05) is 16.1 Å². The molecule has 0 aliphatic heterocycles. The molecule has 1 aromatic rings. The van der Waals surface area contributed by atoms with Crippen molar-refractivity contribution in [1.82, 2.24) is 0 Å². The molecule has 3 heteroatoms. The van der Waals surface area contributed by atoms with E-state index in [1.807, 2.05) is 6.07 Å². The fourth-order valence-electron chi connectivity index (χ4n) is 1.80. The fourth-order valence-corrected chi connectivity index (χ4v) is 2.44. The second kappa shape index (κ2) is 7.02. The Bertz CT molecular complexity index is 307. The average molecular weight is 288 g/mol. The van der Waals surface area contributed by atoms with Crippen LogP contribution in [0.1, 0.15) is 50.6 Å². The topological polar surface area (TPSA) is 26.0 Å². The van der Waals surface area contributed by atoms with E-state index in [2.05, 4.69) is 22.9 Å². The van der Waals surface area contributed by atoms with Gasteiger partial charge in [-0.25, -0.2) is 4.39 Å². The van der Waals surface area contributed by atoms with Crippen molar-refractivity contribution in [3.63, 3.8) is 0 Å². The van der Waals surface area contributed by atoms with Crippen molar-refractivity contribution >= 4 is 15.9 Å². The molecule has 16 heavy (non-hydrogen) atoms. The van der Waals surface area contributed by atoms with Gasteiger partial charge < -0.3 is 5.73 Å². The summed E-state index contributed by atoms with van der Waals surface area (Å²) < 4.78 is 14.3. The molecule has 0 saturated carbocycles. The van der Waals surface area contributed by atoms with Gasteiger partial charge in [0.25, 0.3) is 0 Å². The summed E-state index contributed by atoms with van der Waals surface area (Å²) in [6.45, 7) is 2.17. The van der Waals surface area contributed by atoms with E-state index in [-0.39, 0.29) is 11.9 Å². The standard InChI is InChI=1S/C13H19BrFN/c1-2-3-4-5-9-12(16)13-10(14)7-6-8-11(13)15/h6-8,12H,2-5,9,16H2,1H3. The van der Waals surface area contributed by atoms with Crippen LogP contribution in [0.3, 0.4) is 0 Å². The maximum atomic E-state index is 13.6. The minimum absolute atomic E-state index is 0.201. The molecule has 0 amide bonds. The minimum Gasteiger partial charge on any atom is -0.324 e. The Hall–Kier alpha value is -0.410. The van der Waals surface area contributed by atoms with E-state index >= 15 is 0 Å². The van der Waals surface area contributed by atoms with Gasteiger partial charge in [-0.1, -0.05) is 54.6 Å². The second-order valence-electron chi connectivity index (χ2n) is 4.09. The summed E-state index contributed by atoms with van der Waals surface area (Å²) in [5.41, 5.74) is 6.62. The van der Waals surface area contributed by atoms with Crippen molar-refractivity contribution in [2.24, 2.45) is 5.73 Å². The number of halogens is 2. The van der Waals surface area contributed by atoms with Gasteiger partial charge in [-0.15, -0.1) is 0 Å². The number of rotatable bonds is 6. The summed E-state index contributed by atoms with van der Waals surface area (Å²) in [6.07, 6.45) is 5.52. The molecule has 0 aliphatic rings. The first-order valence-electron chi connectivity index (χ1n) is 5.86. The molecule has 0 aliphatic carbocycles. The molecule has 0 heterocycles. The lowest BCUT2D eigenvalue weighted by molar-refractivity contribution is 0.530. The Labute approximate surface area is 105 Å². The van der Waals surface area contributed by atoms with Gasteiger partial charge in [-0.2, -0.15) is 0 Å². The predicted octanol–water partition coefficient (Wildman–Crippen LogP) is 4.56. The van der Waals surface area contributed by atoms with Gasteiger partial charge in [-0.05, 0) is 18.6 Å². The first-order valence-corrected chi connectivity index (χ1v) is 6.65. The Kier molecular flexibility index (Phi) is 5.99. The van der Waals surface area contributed by atoms with E-state index in [1.54, 1.807) is 6.07 Å². The molecular formula is C13H19BrFN. The van der Waals surface area contributed by atoms with Crippen molar-refractivity contribution in [1.29, 1.82) is 0 Å². The first-order chi connectivity index (χ1) is 7.66. The molecule has 1 nitrogen and oxygen atoms in total. The normalized spacial score (nSPS) is 12.8. The van der Waals surface area contributed by atoms with Crippen molar-refractivity contribution < 1.29 is 4.39 Å². The largest absolute Gasteiger partial charge is 0.324 e. The predicted molar refractivity (Wildman–Crippen MR) is 69.8 cm³/mol. The second-order valence-corrected chi connectivity index (χ2v) is 4.95. The third-order valence-corrected chi connectivity index (χ3v) is 3.43. The van der Waals surface area contributed by atoms with E-state index in [0.29, 0.717) is 5.56 Å². The molecule has 1 unspecified atom stereocenters. The van der Waals surface area contributed by atoms with Gasteiger partial charge in [0.1, 0.15) is 5.82 Å². The van der Waals surface area contributed by atoms with Crippen LogP contribution in [-0.2, 0) is 0 Å². The molecule has 0 saturated heterocycles. The summed E-state index contributed by atoms with van der Waals surface area (Å²) in [6, 6.07) is 4.79. The van der Waals surface area contributed by atoms with Gasteiger partial charge in [0.15, 0.2) is 0 Å². The quantitative estimate of drug-likeness (QED) is 0.763. The van der Waals surface area contributed by atoms with Crippen LogP contribution in [0.2, 0.25) is 0 Å². The van der Waals surface area contributed by atoms with Crippen molar-refractivity contribution in [2.75, 3.05) is 0 Å². The van der Waals surface area contributed by atoms with Crippen LogP contribution in [0.5, 0.6) is 0 Å². The molecule has 90 valence electrons. The molecule has 0 spiro atoms. The van der Waals surface area contributed by atoms with E-state index in [9.17, 15) is 4.39 Å². The van der Waals surface area contributed by atoms with Crippen LogP contribution in [0.4, 0.5) is 4.39 Å². The summed E-state index contributed by atoms with van der Waals surface area (Å²) in [5, 5.41) is 0. The summed E-state index contributed by atoms with van der Waals surface area (Å²) >= 11 is 3.35. The molecule has 2 N–H and O–H groups in total. The summed E-state index contributed by atoms with van der Waals surface area (Å²) in [4.78, 5) is 0. The maximum Gasteiger partial charge on any atom is 0.129 e.